The summed E-state index contributed by atoms with van der Waals surface area (Å²) in [6.45, 7) is 1.51. The van der Waals surface area contributed by atoms with Gasteiger partial charge in [-0.25, -0.2) is 0 Å². The predicted octanol–water partition coefficient (Wildman–Crippen LogP) is 3.78. The van der Waals surface area contributed by atoms with Crippen LogP contribution in [-0.4, -0.2) is 37.5 Å². The molecular weight excluding hydrogens is 430 g/mol. The molecule has 0 saturated carbocycles. The summed E-state index contributed by atoms with van der Waals surface area (Å²) in [5.41, 5.74) is 7.89. The van der Waals surface area contributed by atoms with Crippen molar-refractivity contribution >= 4 is 39.1 Å². The molecule has 2 aromatic rings. The highest BCUT2D eigenvalue weighted by Crippen LogP contribution is 2.23. The van der Waals surface area contributed by atoms with Gasteiger partial charge in [0.25, 0.3) is 0 Å². The first-order valence-corrected chi connectivity index (χ1v) is 10.2. The molecule has 1 fully saturated rings. The van der Waals surface area contributed by atoms with Gasteiger partial charge in [0.2, 0.25) is 0 Å². The zero-order chi connectivity index (χ0) is 18.9. The fraction of sp³-hybridized carbons (Fsp3) is 0.263. The van der Waals surface area contributed by atoms with Crippen molar-refractivity contribution in [2.24, 2.45) is 15.9 Å². The number of hydrogen-bond acceptors (Lipinski definition) is 6. The molecule has 0 bridgehead atoms. The predicted molar refractivity (Wildman–Crippen MR) is 112 cm³/mol. The van der Waals surface area contributed by atoms with Crippen LogP contribution in [0.25, 0.3) is 0 Å². The average molecular weight is 450 g/mol. The lowest BCUT2D eigenvalue weighted by Crippen LogP contribution is -2.18. The molecule has 1 aliphatic rings. The quantitative estimate of drug-likeness (QED) is 0.395. The zero-order valence-electron chi connectivity index (χ0n) is 14.6. The van der Waals surface area contributed by atoms with Gasteiger partial charge in [0.1, 0.15) is 12.4 Å². The molecule has 1 aliphatic heterocycles. The van der Waals surface area contributed by atoms with Crippen LogP contribution in [0.4, 0.5) is 0 Å². The molecule has 6 nitrogen and oxygen atoms in total. The van der Waals surface area contributed by atoms with Crippen molar-refractivity contribution in [1.29, 1.82) is 0 Å². The summed E-state index contributed by atoms with van der Waals surface area (Å²) in [7, 11) is 0. The topological polar surface area (TPSA) is 78.4 Å². The smallest absolute Gasteiger partial charge is 0.191 e. The number of nitrogens with zero attached hydrogens (tertiary/aromatic N) is 2. The van der Waals surface area contributed by atoms with Crippen LogP contribution in [0.3, 0.4) is 0 Å². The van der Waals surface area contributed by atoms with E-state index in [9.17, 15) is 0 Å². The first kappa shape index (κ1) is 19.9. The number of benzene rings is 2. The van der Waals surface area contributed by atoms with Crippen molar-refractivity contribution in [2.75, 3.05) is 19.8 Å². The van der Waals surface area contributed by atoms with Crippen LogP contribution in [0.2, 0.25) is 0 Å². The number of hydrogen-bond donors (Lipinski definition) is 1. The van der Waals surface area contributed by atoms with E-state index in [0.29, 0.717) is 30.7 Å². The summed E-state index contributed by atoms with van der Waals surface area (Å²) < 4.78 is 17.5. The van der Waals surface area contributed by atoms with Gasteiger partial charge in [-0.05, 0) is 23.8 Å². The van der Waals surface area contributed by atoms with Gasteiger partial charge in [-0.3, -0.25) is 0 Å². The van der Waals surface area contributed by atoms with E-state index in [0.717, 1.165) is 15.8 Å². The molecule has 0 spiro atoms. The normalized spacial score (nSPS) is 15.5. The molecule has 0 amide bonds. The Morgan fingerprint density at radius 2 is 2.00 bits per heavy atom. The fourth-order valence-corrected chi connectivity index (χ4v) is 3.31. The third kappa shape index (κ3) is 6.66. The minimum Gasteiger partial charge on any atom is -0.488 e. The molecule has 2 aromatic carbocycles. The third-order valence-corrected chi connectivity index (χ3v) is 4.97. The van der Waals surface area contributed by atoms with Gasteiger partial charge in [0.05, 0.1) is 19.4 Å². The Bertz CT molecular complexity index is 796. The maximum atomic E-state index is 5.92. The van der Waals surface area contributed by atoms with Crippen LogP contribution in [0, 0.1) is 0 Å². The summed E-state index contributed by atoms with van der Waals surface area (Å²) in [5, 5.41) is 8.54. The van der Waals surface area contributed by atoms with E-state index in [1.54, 1.807) is 6.21 Å². The molecular formula is C19H20BrN3O3S. The lowest BCUT2D eigenvalue weighted by atomic mass is 10.2. The minimum atomic E-state index is -0.332. The Balaban J connectivity index is 1.58. The monoisotopic (exact) mass is 449 g/mol. The summed E-state index contributed by atoms with van der Waals surface area (Å²) >= 11 is 4.89. The van der Waals surface area contributed by atoms with Gasteiger partial charge in [-0.15, -0.1) is 5.10 Å². The number of amidine groups is 1. The van der Waals surface area contributed by atoms with Crippen molar-refractivity contribution < 1.29 is 14.2 Å². The Morgan fingerprint density at radius 1 is 1.22 bits per heavy atom. The van der Waals surface area contributed by atoms with Crippen LogP contribution in [0.5, 0.6) is 5.75 Å². The SMILES string of the molecule is NC(=NN=Cc1cc(Br)ccc1OCC1OCCO1)SCc1ccccc1. The second-order valence-corrected chi connectivity index (χ2v) is 7.53. The van der Waals surface area contributed by atoms with E-state index < -0.39 is 0 Å². The molecule has 142 valence electrons. The van der Waals surface area contributed by atoms with Gasteiger partial charge >= 0.3 is 0 Å². The summed E-state index contributed by atoms with van der Waals surface area (Å²) in [4.78, 5) is 0. The van der Waals surface area contributed by atoms with E-state index in [1.807, 2.05) is 48.5 Å². The maximum Gasteiger partial charge on any atom is 0.191 e. The van der Waals surface area contributed by atoms with Crippen molar-refractivity contribution in [1.82, 2.24) is 0 Å². The molecule has 1 heterocycles. The maximum absolute atomic E-state index is 5.92. The van der Waals surface area contributed by atoms with Crippen LogP contribution in [0.1, 0.15) is 11.1 Å². The van der Waals surface area contributed by atoms with Crippen LogP contribution >= 0.6 is 27.7 Å². The number of rotatable bonds is 7. The molecule has 1 saturated heterocycles. The Morgan fingerprint density at radius 3 is 2.78 bits per heavy atom. The standard InChI is InChI=1S/C19H20BrN3O3S/c20-16-6-7-17(26-12-18-24-8-9-25-18)15(10-16)11-22-23-19(21)27-13-14-4-2-1-3-5-14/h1-7,10-11,18H,8-9,12-13H2,(H2,21,23). The van der Waals surface area contributed by atoms with Gasteiger partial charge in [0, 0.05) is 15.8 Å². The highest BCUT2D eigenvalue weighted by molar-refractivity contribution is 9.10. The van der Waals surface area contributed by atoms with Crippen LogP contribution in [0.15, 0.2) is 63.2 Å². The molecule has 0 unspecified atom stereocenters. The second-order valence-electron chi connectivity index (χ2n) is 5.62. The van der Waals surface area contributed by atoms with Gasteiger partial charge < -0.3 is 19.9 Å². The molecule has 8 heteroatoms. The Kier molecular flexibility index (Phi) is 7.70. The summed E-state index contributed by atoms with van der Waals surface area (Å²) in [6.07, 6.45) is 1.29. The van der Waals surface area contributed by atoms with E-state index in [2.05, 4.69) is 26.1 Å². The molecule has 3 rings (SSSR count). The van der Waals surface area contributed by atoms with Crippen LogP contribution < -0.4 is 10.5 Å². The van der Waals surface area contributed by atoms with Crippen LogP contribution in [-0.2, 0) is 15.2 Å². The van der Waals surface area contributed by atoms with Crippen molar-refractivity contribution in [3.8, 4) is 5.75 Å². The van der Waals surface area contributed by atoms with Gasteiger partial charge in [-0.2, -0.15) is 5.10 Å². The molecule has 0 atom stereocenters. The molecule has 0 aromatic heterocycles. The third-order valence-electron chi connectivity index (χ3n) is 3.62. The molecule has 0 radical (unpaired) electrons. The highest BCUT2D eigenvalue weighted by Gasteiger charge is 2.17. The number of ether oxygens (including phenoxy) is 3. The van der Waals surface area contributed by atoms with Crippen molar-refractivity contribution in [2.45, 2.75) is 12.0 Å². The molecule has 0 aliphatic carbocycles. The van der Waals surface area contributed by atoms with Crippen molar-refractivity contribution in [3.05, 3.63) is 64.1 Å². The zero-order valence-corrected chi connectivity index (χ0v) is 17.0. The van der Waals surface area contributed by atoms with Gasteiger partial charge in [-0.1, -0.05) is 58.0 Å². The average Bonchev–Trinajstić information content (AvgIpc) is 3.20. The Hall–Kier alpha value is -1.87. The minimum absolute atomic E-state index is 0.320. The number of thioether (sulfide) groups is 1. The van der Waals surface area contributed by atoms with Crippen molar-refractivity contribution in [3.63, 3.8) is 0 Å². The van der Waals surface area contributed by atoms with E-state index in [4.69, 9.17) is 19.9 Å². The van der Waals surface area contributed by atoms with Gasteiger partial charge in [0.15, 0.2) is 11.5 Å². The molecule has 2 N–H and O–H groups in total. The summed E-state index contributed by atoms with van der Waals surface area (Å²) in [5.74, 6) is 1.42. The Labute approximate surface area is 170 Å². The number of nitrogens with two attached hydrogens (primary N) is 1. The highest BCUT2D eigenvalue weighted by atomic mass is 79.9. The first-order chi connectivity index (χ1) is 13.2. The fourth-order valence-electron chi connectivity index (χ4n) is 2.32. The summed E-state index contributed by atoms with van der Waals surface area (Å²) in [6, 6.07) is 15.7. The number of halogens is 1. The van der Waals surface area contributed by atoms with E-state index >= 15 is 0 Å². The second kappa shape index (κ2) is 10.5. The molecule has 27 heavy (non-hydrogen) atoms. The largest absolute Gasteiger partial charge is 0.488 e. The van der Waals surface area contributed by atoms with E-state index in [1.165, 1.54) is 17.3 Å². The lowest BCUT2D eigenvalue weighted by molar-refractivity contribution is -0.0684. The lowest BCUT2D eigenvalue weighted by Gasteiger charge is -2.12. The first-order valence-electron chi connectivity index (χ1n) is 8.39. The van der Waals surface area contributed by atoms with E-state index in [-0.39, 0.29) is 6.29 Å².